The Morgan fingerprint density at radius 3 is 1.92 bits per heavy atom. The summed E-state index contributed by atoms with van der Waals surface area (Å²) < 4.78 is 38.2. The second-order valence-electron chi connectivity index (χ2n) is 14.2. The number of aromatic nitrogens is 2. The van der Waals surface area contributed by atoms with Gasteiger partial charge in [-0.25, -0.2) is 4.79 Å². The summed E-state index contributed by atoms with van der Waals surface area (Å²) in [6.07, 6.45) is -2.96. The number of hydrogen-bond acceptors (Lipinski definition) is 9. The minimum absolute atomic E-state index is 0.0730. The number of benzene rings is 3. The zero-order valence-electron chi connectivity index (χ0n) is 30.6. The average molecular weight is 719 g/mol. The number of aliphatic hydroxyl groups excluding tert-OH is 1. The maximum absolute atomic E-state index is 13.0. The number of nitrogens with zero attached hydrogens (tertiary/aromatic N) is 1. The number of H-pyrrole nitrogens is 1. The van der Waals surface area contributed by atoms with Crippen LogP contribution in [0.2, 0.25) is 18.1 Å². The lowest BCUT2D eigenvalue weighted by molar-refractivity contribution is -0.116. The fraction of sp³-hybridized carbons (Fsp3) is 0.436. The highest BCUT2D eigenvalue weighted by molar-refractivity contribution is 6.74. The molecule has 274 valence electrons. The van der Waals surface area contributed by atoms with Crippen LogP contribution in [-0.2, 0) is 24.2 Å². The Morgan fingerprint density at radius 2 is 1.41 bits per heavy atom. The number of hydrogen-bond donors (Lipinski definition) is 2. The van der Waals surface area contributed by atoms with Gasteiger partial charge in [-0.3, -0.25) is 14.3 Å². The first-order chi connectivity index (χ1) is 24.2. The Kier molecular flexibility index (Phi) is 11.7. The van der Waals surface area contributed by atoms with Crippen molar-refractivity contribution in [2.45, 2.75) is 76.0 Å². The summed E-state index contributed by atoms with van der Waals surface area (Å²) in [7, 11) is 0.926. The Bertz CT molecular complexity index is 1790. The smallest absolute Gasteiger partial charge is 0.330 e. The van der Waals surface area contributed by atoms with Crippen molar-refractivity contribution < 1.29 is 33.2 Å². The number of aromatic amines is 1. The van der Waals surface area contributed by atoms with E-state index in [1.54, 1.807) is 14.2 Å². The van der Waals surface area contributed by atoms with E-state index in [9.17, 15) is 14.7 Å². The van der Waals surface area contributed by atoms with Crippen molar-refractivity contribution in [1.82, 2.24) is 9.55 Å². The normalized spacial score (nSPS) is 19.7. The van der Waals surface area contributed by atoms with E-state index < -0.39 is 49.7 Å². The zero-order valence-corrected chi connectivity index (χ0v) is 31.6. The highest BCUT2D eigenvalue weighted by atomic mass is 28.4. The summed E-state index contributed by atoms with van der Waals surface area (Å²) in [6.45, 7) is 12.8. The fourth-order valence-corrected chi connectivity index (χ4v) is 8.44. The Hall–Kier alpha value is -4.04. The molecule has 0 bridgehead atoms. The van der Waals surface area contributed by atoms with Gasteiger partial charge in [0.1, 0.15) is 42.2 Å². The molecule has 1 aliphatic rings. The summed E-state index contributed by atoms with van der Waals surface area (Å²) in [6, 6.07) is 26.3. The van der Waals surface area contributed by atoms with Crippen LogP contribution in [-0.4, -0.2) is 68.9 Å². The van der Waals surface area contributed by atoms with Crippen molar-refractivity contribution in [3.05, 3.63) is 129 Å². The predicted molar refractivity (Wildman–Crippen MR) is 197 cm³/mol. The van der Waals surface area contributed by atoms with Crippen LogP contribution in [0.4, 0.5) is 0 Å². The van der Waals surface area contributed by atoms with Crippen molar-refractivity contribution in [1.29, 1.82) is 0 Å². The molecule has 0 aliphatic carbocycles. The summed E-state index contributed by atoms with van der Waals surface area (Å²) >= 11 is 0. The highest BCUT2D eigenvalue weighted by Crippen LogP contribution is 2.45. The molecule has 1 aliphatic heterocycles. The van der Waals surface area contributed by atoms with Gasteiger partial charge in [0.2, 0.25) is 0 Å². The molecule has 51 heavy (non-hydrogen) atoms. The van der Waals surface area contributed by atoms with Gasteiger partial charge in [-0.2, -0.15) is 0 Å². The molecule has 0 unspecified atom stereocenters. The second kappa shape index (κ2) is 15.7. The average Bonchev–Trinajstić information content (AvgIpc) is 3.43. The van der Waals surface area contributed by atoms with Crippen LogP contribution in [0.1, 0.15) is 50.6 Å². The van der Waals surface area contributed by atoms with Crippen LogP contribution >= 0.6 is 0 Å². The Labute approximate surface area is 300 Å². The van der Waals surface area contributed by atoms with E-state index in [-0.39, 0.29) is 18.4 Å². The molecule has 2 N–H and O–H groups in total. The van der Waals surface area contributed by atoms with Gasteiger partial charge in [-0.15, -0.1) is 0 Å². The Balaban J connectivity index is 1.52. The quantitative estimate of drug-likeness (QED) is 0.0887. The molecule has 0 spiro atoms. The molecule has 12 heteroatoms. The van der Waals surface area contributed by atoms with Gasteiger partial charge in [-0.05, 0) is 65.0 Å². The lowest BCUT2D eigenvalue weighted by Crippen LogP contribution is -2.47. The van der Waals surface area contributed by atoms with E-state index >= 15 is 0 Å². The third-order valence-corrected chi connectivity index (χ3v) is 15.3. The SMILES string of the molecule is COc1ccc(C(OC[C@H]2O[C@@H](n3ccc(=O)[nH]c3=O)[C@H](OCO[Si](C)(C)C(C)(C)C(C)C)[C@@H]2O)(c2ccccc2)c2ccc(OC)cc2)cc1. The molecule has 3 aromatic carbocycles. The van der Waals surface area contributed by atoms with Crippen LogP contribution < -0.4 is 20.7 Å². The van der Waals surface area contributed by atoms with Gasteiger partial charge in [0.15, 0.2) is 14.5 Å². The molecule has 11 nitrogen and oxygen atoms in total. The molecule has 1 aromatic heterocycles. The standard InChI is InChI=1S/C39H50N2O9Si/c1-26(2)38(3,4)51(7,8)49-25-47-35-34(43)32(50-36(35)41-23-22-33(42)40-37(41)44)24-48-39(27-12-10-9-11-13-27,28-14-18-30(45-5)19-15-28)29-16-20-31(46-6)21-17-29/h9-23,26,32,34-36,43H,24-25H2,1-8H3,(H,40,42,44)/t32-,34-,35-,36-/m1/s1. The van der Waals surface area contributed by atoms with Crippen molar-refractivity contribution >= 4 is 8.32 Å². The van der Waals surface area contributed by atoms with Crippen molar-refractivity contribution in [2.75, 3.05) is 27.6 Å². The van der Waals surface area contributed by atoms with Crippen molar-refractivity contribution in [3.8, 4) is 11.5 Å². The highest BCUT2D eigenvalue weighted by Gasteiger charge is 2.49. The molecule has 4 aromatic rings. The van der Waals surface area contributed by atoms with Crippen LogP contribution in [0.25, 0.3) is 0 Å². The first-order valence-corrected chi connectivity index (χ1v) is 20.0. The van der Waals surface area contributed by atoms with Gasteiger partial charge >= 0.3 is 5.69 Å². The first kappa shape index (κ1) is 38.2. The van der Waals surface area contributed by atoms with Gasteiger partial charge in [-0.1, -0.05) is 82.3 Å². The van der Waals surface area contributed by atoms with Crippen LogP contribution in [0.3, 0.4) is 0 Å². The largest absolute Gasteiger partial charge is 0.497 e. The first-order valence-electron chi connectivity index (χ1n) is 17.1. The number of methoxy groups -OCH3 is 2. The number of rotatable bonds is 15. The molecular weight excluding hydrogens is 669 g/mol. The van der Waals surface area contributed by atoms with E-state index in [2.05, 4.69) is 45.8 Å². The van der Waals surface area contributed by atoms with Gasteiger partial charge < -0.3 is 33.2 Å². The summed E-state index contributed by atoms with van der Waals surface area (Å²) in [5, 5.41) is 11.8. The molecular formula is C39H50N2O9Si. The minimum Gasteiger partial charge on any atom is -0.497 e. The van der Waals surface area contributed by atoms with E-state index in [0.29, 0.717) is 17.4 Å². The topological polar surface area (TPSA) is 130 Å². The maximum Gasteiger partial charge on any atom is 0.330 e. The predicted octanol–water partition coefficient (Wildman–Crippen LogP) is 5.82. The van der Waals surface area contributed by atoms with Crippen molar-refractivity contribution in [2.24, 2.45) is 5.92 Å². The number of aliphatic hydroxyl groups is 1. The third kappa shape index (κ3) is 7.76. The monoisotopic (exact) mass is 718 g/mol. The lowest BCUT2D eigenvalue weighted by Gasteiger charge is -2.42. The third-order valence-electron chi connectivity index (χ3n) is 10.8. The van der Waals surface area contributed by atoms with E-state index in [0.717, 1.165) is 16.7 Å². The molecule has 0 radical (unpaired) electrons. The summed E-state index contributed by atoms with van der Waals surface area (Å²) in [5.41, 5.74) is 0.0333. The number of ether oxygens (including phenoxy) is 5. The Morgan fingerprint density at radius 1 is 0.863 bits per heavy atom. The molecule has 4 atom stereocenters. The molecule has 0 amide bonds. The molecule has 2 heterocycles. The van der Waals surface area contributed by atoms with E-state index in [1.807, 2.05) is 78.9 Å². The van der Waals surface area contributed by atoms with E-state index in [1.165, 1.54) is 16.8 Å². The van der Waals surface area contributed by atoms with Gasteiger partial charge in [0.25, 0.3) is 5.56 Å². The van der Waals surface area contributed by atoms with Crippen LogP contribution in [0.15, 0.2) is 101 Å². The maximum atomic E-state index is 13.0. The minimum atomic E-state index is -2.30. The second-order valence-corrected chi connectivity index (χ2v) is 18.8. The number of nitrogens with one attached hydrogen (secondary N) is 1. The fourth-order valence-electron chi connectivity index (χ4n) is 6.31. The van der Waals surface area contributed by atoms with Crippen molar-refractivity contribution in [3.63, 3.8) is 0 Å². The molecule has 0 saturated carbocycles. The van der Waals surface area contributed by atoms with E-state index in [4.69, 9.17) is 28.1 Å². The van der Waals surface area contributed by atoms with Crippen LogP contribution in [0, 0.1) is 5.92 Å². The van der Waals surface area contributed by atoms with Gasteiger partial charge in [0.05, 0.1) is 20.8 Å². The molecule has 1 fully saturated rings. The van der Waals surface area contributed by atoms with Gasteiger partial charge in [0, 0.05) is 12.3 Å². The summed E-state index contributed by atoms with van der Waals surface area (Å²) in [4.78, 5) is 27.2. The van der Waals surface area contributed by atoms with Crippen LogP contribution in [0.5, 0.6) is 11.5 Å². The lowest BCUT2D eigenvalue weighted by atomic mass is 9.80. The summed E-state index contributed by atoms with van der Waals surface area (Å²) in [5.74, 6) is 1.74. The molecule has 5 rings (SSSR count). The zero-order chi connectivity index (χ0) is 37.0. The molecule has 1 saturated heterocycles.